The molecule has 1 aromatic rings. The van der Waals surface area contributed by atoms with Crippen LogP contribution in [-0.2, 0) is 9.53 Å². The molecule has 2 fully saturated rings. The van der Waals surface area contributed by atoms with Crippen molar-refractivity contribution in [3.63, 3.8) is 0 Å². The summed E-state index contributed by atoms with van der Waals surface area (Å²) in [6.45, 7) is 0.484. The average Bonchev–Trinajstić information content (AvgIpc) is 3.12. The Morgan fingerprint density at radius 3 is 2.82 bits per heavy atom. The topological polar surface area (TPSA) is 58.6 Å². The van der Waals surface area contributed by atoms with Crippen molar-refractivity contribution in [2.75, 3.05) is 6.61 Å². The van der Waals surface area contributed by atoms with E-state index in [0.29, 0.717) is 31.4 Å². The Labute approximate surface area is 133 Å². The molecule has 1 aliphatic carbocycles. The fourth-order valence-electron chi connectivity index (χ4n) is 3.24. The van der Waals surface area contributed by atoms with Crippen molar-refractivity contribution in [1.29, 1.82) is 0 Å². The first-order chi connectivity index (χ1) is 10.5. The summed E-state index contributed by atoms with van der Waals surface area (Å²) in [6, 6.07) is 4.25. The number of ether oxygens (including phenoxy) is 1. The Bertz CT molecular complexity index is 575. The quantitative estimate of drug-likeness (QED) is 0.897. The molecular weight excluding hydrogens is 309 g/mol. The number of benzene rings is 1. The van der Waals surface area contributed by atoms with Crippen LogP contribution in [0.25, 0.3) is 0 Å². The van der Waals surface area contributed by atoms with E-state index in [0.717, 1.165) is 12.8 Å². The monoisotopic (exact) mass is 327 g/mol. The van der Waals surface area contributed by atoms with E-state index in [1.807, 2.05) is 0 Å². The molecular formula is C16H19ClFNO3. The summed E-state index contributed by atoms with van der Waals surface area (Å²) >= 11 is 5.69. The molecule has 0 radical (unpaired) electrons. The fraction of sp³-hybridized carbons (Fsp3) is 0.562. The van der Waals surface area contributed by atoms with E-state index in [4.69, 9.17) is 16.3 Å². The van der Waals surface area contributed by atoms with E-state index in [9.17, 15) is 14.3 Å². The van der Waals surface area contributed by atoms with E-state index < -0.39 is 17.5 Å². The molecule has 0 spiro atoms. The molecule has 2 N–H and O–H groups in total. The second kappa shape index (κ2) is 6.14. The smallest absolute Gasteiger partial charge is 0.252 e. The molecule has 0 aromatic heterocycles. The first kappa shape index (κ1) is 15.7. The van der Waals surface area contributed by atoms with E-state index in [1.165, 1.54) is 12.1 Å². The van der Waals surface area contributed by atoms with Crippen molar-refractivity contribution in [3.05, 3.63) is 34.6 Å². The van der Waals surface area contributed by atoms with Crippen LogP contribution in [0.3, 0.4) is 0 Å². The van der Waals surface area contributed by atoms with Gasteiger partial charge in [-0.2, -0.15) is 0 Å². The van der Waals surface area contributed by atoms with Crippen LogP contribution in [0.15, 0.2) is 18.2 Å². The van der Waals surface area contributed by atoms with Gasteiger partial charge < -0.3 is 15.2 Å². The summed E-state index contributed by atoms with van der Waals surface area (Å²) in [6.07, 6.45) is 2.92. The first-order valence-electron chi connectivity index (χ1n) is 7.59. The van der Waals surface area contributed by atoms with Gasteiger partial charge in [-0.1, -0.05) is 17.7 Å². The number of rotatable bonds is 3. The van der Waals surface area contributed by atoms with Crippen LogP contribution in [0, 0.1) is 5.82 Å². The van der Waals surface area contributed by atoms with Crippen LogP contribution in [-0.4, -0.2) is 29.3 Å². The molecule has 1 saturated heterocycles. The molecule has 1 saturated carbocycles. The van der Waals surface area contributed by atoms with Crippen LogP contribution in [0.2, 0.25) is 5.02 Å². The maximum absolute atomic E-state index is 13.6. The average molecular weight is 328 g/mol. The van der Waals surface area contributed by atoms with E-state index in [2.05, 4.69) is 5.32 Å². The lowest BCUT2D eigenvalue weighted by atomic mass is 9.98. The molecule has 1 amide bonds. The molecule has 2 atom stereocenters. The van der Waals surface area contributed by atoms with Crippen molar-refractivity contribution >= 4 is 17.5 Å². The Hall–Kier alpha value is -1.17. The highest BCUT2D eigenvalue weighted by atomic mass is 35.5. The molecule has 2 aliphatic rings. The van der Waals surface area contributed by atoms with Crippen LogP contribution in [0.5, 0.6) is 0 Å². The second-order valence-corrected chi connectivity index (χ2v) is 6.48. The summed E-state index contributed by atoms with van der Waals surface area (Å²) < 4.78 is 19.3. The minimum Gasteiger partial charge on any atom is -0.380 e. The highest BCUT2D eigenvalue weighted by molar-refractivity contribution is 6.30. The zero-order valence-electron chi connectivity index (χ0n) is 12.1. The Morgan fingerprint density at radius 2 is 2.14 bits per heavy atom. The maximum atomic E-state index is 13.6. The standard InChI is InChI=1S/C16H19ClFNO3/c17-11-4-3-10(9-12(11)18)14-13(5-8-22-14)19-15(20)16(21)6-1-2-7-16/h3-4,9,13-14,21H,1-2,5-8H2,(H,19,20)/t13-,14+/m0/s1. The Kier molecular flexibility index (Phi) is 4.39. The second-order valence-electron chi connectivity index (χ2n) is 6.07. The van der Waals surface area contributed by atoms with Gasteiger partial charge in [0.1, 0.15) is 17.5 Å². The van der Waals surface area contributed by atoms with Crippen molar-refractivity contribution in [2.24, 2.45) is 0 Å². The number of carbonyl (C=O) groups is 1. The van der Waals surface area contributed by atoms with Crippen LogP contribution >= 0.6 is 11.6 Å². The molecule has 1 aliphatic heterocycles. The van der Waals surface area contributed by atoms with Gasteiger partial charge in [-0.3, -0.25) is 4.79 Å². The number of nitrogens with one attached hydrogen (secondary N) is 1. The molecule has 1 heterocycles. The molecule has 120 valence electrons. The highest BCUT2D eigenvalue weighted by Crippen LogP contribution is 2.33. The van der Waals surface area contributed by atoms with Gasteiger partial charge in [0.15, 0.2) is 0 Å². The number of hydrogen-bond donors (Lipinski definition) is 2. The van der Waals surface area contributed by atoms with Crippen molar-refractivity contribution < 1.29 is 19.0 Å². The predicted molar refractivity (Wildman–Crippen MR) is 80.1 cm³/mol. The number of amides is 1. The van der Waals surface area contributed by atoms with Crippen molar-refractivity contribution in [3.8, 4) is 0 Å². The summed E-state index contributed by atoms with van der Waals surface area (Å²) in [7, 11) is 0. The normalized spacial score (nSPS) is 27.0. The van der Waals surface area contributed by atoms with Crippen LogP contribution in [0.4, 0.5) is 4.39 Å². The van der Waals surface area contributed by atoms with Crippen molar-refractivity contribution in [2.45, 2.75) is 49.9 Å². The summed E-state index contributed by atoms with van der Waals surface area (Å²) in [5, 5.41) is 13.3. The lowest BCUT2D eigenvalue weighted by Crippen LogP contribution is -2.49. The Morgan fingerprint density at radius 1 is 1.41 bits per heavy atom. The first-order valence-corrected chi connectivity index (χ1v) is 7.97. The number of carbonyl (C=O) groups excluding carboxylic acids is 1. The van der Waals surface area contributed by atoms with Gasteiger partial charge in [-0.25, -0.2) is 4.39 Å². The molecule has 0 unspecified atom stereocenters. The minimum atomic E-state index is -1.27. The van der Waals surface area contributed by atoms with E-state index in [-0.39, 0.29) is 17.0 Å². The molecule has 0 bridgehead atoms. The summed E-state index contributed by atoms with van der Waals surface area (Å²) in [4.78, 5) is 12.3. The van der Waals surface area contributed by atoms with Crippen molar-refractivity contribution in [1.82, 2.24) is 5.32 Å². The highest BCUT2D eigenvalue weighted by Gasteiger charge is 2.41. The number of halogens is 2. The maximum Gasteiger partial charge on any atom is 0.252 e. The predicted octanol–water partition coefficient (Wildman–Crippen LogP) is 2.73. The summed E-state index contributed by atoms with van der Waals surface area (Å²) in [5.41, 5.74) is -0.624. The molecule has 22 heavy (non-hydrogen) atoms. The third kappa shape index (κ3) is 2.98. The van der Waals surface area contributed by atoms with Gasteiger partial charge in [0.05, 0.1) is 11.1 Å². The zero-order valence-corrected chi connectivity index (χ0v) is 12.9. The van der Waals surface area contributed by atoms with Gasteiger partial charge in [0.25, 0.3) is 5.91 Å². The van der Waals surface area contributed by atoms with Crippen LogP contribution in [0.1, 0.15) is 43.8 Å². The number of hydrogen-bond acceptors (Lipinski definition) is 3. The summed E-state index contributed by atoms with van der Waals surface area (Å²) in [5.74, 6) is -0.853. The number of aliphatic hydroxyl groups is 1. The molecule has 3 rings (SSSR count). The third-order valence-electron chi connectivity index (χ3n) is 4.53. The molecule has 6 heteroatoms. The van der Waals surface area contributed by atoms with E-state index >= 15 is 0 Å². The van der Waals surface area contributed by atoms with Gasteiger partial charge in [0.2, 0.25) is 0 Å². The SMILES string of the molecule is O=C(N[C@H]1CCO[C@@H]1c1ccc(Cl)c(F)c1)C1(O)CCCC1. The largest absolute Gasteiger partial charge is 0.380 e. The van der Waals surface area contributed by atoms with E-state index in [1.54, 1.807) is 6.07 Å². The Balaban J connectivity index is 1.73. The lowest BCUT2D eigenvalue weighted by Gasteiger charge is -2.26. The zero-order chi connectivity index (χ0) is 15.7. The van der Waals surface area contributed by atoms with Gasteiger partial charge >= 0.3 is 0 Å². The van der Waals surface area contributed by atoms with Gasteiger partial charge in [-0.05, 0) is 49.8 Å². The van der Waals surface area contributed by atoms with Crippen LogP contribution < -0.4 is 5.32 Å². The fourth-order valence-corrected chi connectivity index (χ4v) is 3.36. The molecule has 4 nitrogen and oxygen atoms in total. The van der Waals surface area contributed by atoms with Gasteiger partial charge in [-0.15, -0.1) is 0 Å². The van der Waals surface area contributed by atoms with Gasteiger partial charge in [0, 0.05) is 6.61 Å². The lowest BCUT2D eigenvalue weighted by molar-refractivity contribution is -0.140. The molecule has 1 aromatic carbocycles. The third-order valence-corrected chi connectivity index (χ3v) is 4.84. The minimum absolute atomic E-state index is 0.0580.